The van der Waals surface area contributed by atoms with Crippen molar-refractivity contribution in [3.63, 3.8) is 0 Å². The van der Waals surface area contributed by atoms with Gasteiger partial charge >= 0.3 is 0 Å². The van der Waals surface area contributed by atoms with Gasteiger partial charge in [-0.1, -0.05) is 6.07 Å². The molecule has 0 bridgehead atoms. The topological polar surface area (TPSA) is 62.3 Å². The number of halogens is 2. The van der Waals surface area contributed by atoms with Gasteiger partial charge in [0.05, 0.1) is 5.92 Å². The number of carbonyl (C=O) groups excluding carboxylic acids is 2. The standard InChI is InChI=1S/C23H23F2N3O4/c24-18-3-2-16(10-19(18)25)22(29)28-12-17(13-28)23(30)27-7-5-26(6-8-27)11-15-1-4-20-21(9-15)32-14-31-20/h1-4,9-10,17H,5-8,11-14H2. The molecule has 2 fully saturated rings. The van der Waals surface area contributed by atoms with E-state index in [1.54, 1.807) is 0 Å². The third-order valence-electron chi connectivity index (χ3n) is 6.21. The molecular weight excluding hydrogens is 420 g/mol. The predicted octanol–water partition coefficient (Wildman–Crippen LogP) is 2.11. The van der Waals surface area contributed by atoms with Crippen molar-refractivity contribution in [3.8, 4) is 11.5 Å². The summed E-state index contributed by atoms with van der Waals surface area (Å²) in [5, 5.41) is 0. The van der Waals surface area contributed by atoms with Crippen LogP contribution in [0.25, 0.3) is 0 Å². The molecule has 7 nitrogen and oxygen atoms in total. The number of piperazine rings is 1. The molecule has 3 aliphatic rings. The largest absolute Gasteiger partial charge is 0.454 e. The van der Waals surface area contributed by atoms with Gasteiger partial charge in [-0.05, 0) is 35.9 Å². The Bertz CT molecular complexity index is 1050. The zero-order valence-electron chi connectivity index (χ0n) is 17.4. The summed E-state index contributed by atoms with van der Waals surface area (Å²) in [5.41, 5.74) is 1.23. The van der Waals surface area contributed by atoms with Gasteiger partial charge < -0.3 is 19.3 Å². The number of nitrogens with zero attached hydrogens (tertiary/aromatic N) is 3. The summed E-state index contributed by atoms with van der Waals surface area (Å²) in [7, 11) is 0. The van der Waals surface area contributed by atoms with Gasteiger partial charge in [0, 0.05) is 51.4 Å². The van der Waals surface area contributed by atoms with Gasteiger partial charge in [0.25, 0.3) is 5.91 Å². The molecule has 0 N–H and O–H groups in total. The summed E-state index contributed by atoms with van der Waals surface area (Å²) in [6.07, 6.45) is 0. The molecule has 168 valence electrons. The third kappa shape index (κ3) is 4.00. The fourth-order valence-electron chi connectivity index (χ4n) is 4.29. The van der Waals surface area contributed by atoms with Crippen LogP contribution >= 0.6 is 0 Å². The number of rotatable bonds is 4. The highest BCUT2D eigenvalue weighted by atomic mass is 19.2. The molecule has 0 unspecified atom stereocenters. The van der Waals surface area contributed by atoms with E-state index >= 15 is 0 Å². The Kier molecular flexibility index (Phi) is 5.42. The smallest absolute Gasteiger partial charge is 0.254 e. The van der Waals surface area contributed by atoms with Crippen molar-refractivity contribution in [1.82, 2.24) is 14.7 Å². The van der Waals surface area contributed by atoms with Crippen LogP contribution in [-0.4, -0.2) is 72.6 Å². The van der Waals surface area contributed by atoms with Gasteiger partial charge in [0.15, 0.2) is 23.1 Å². The Labute approximate surface area is 184 Å². The molecule has 0 radical (unpaired) electrons. The van der Waals surface area contributed by atoms with Gasteiger partial charge in [-0.2, -0.15) is 0 Å². The second kappa shape index (κ2) is 8.38. The summed E-state index contributed by atoms with van der Waals surface area (Å²) in [6.45, 7) is 4.44. The number of benzene rings is 2. The third-order valence-corrected chi connectivity index (χ3v) is 6.21. The molecular formula is C23H23F2N3O4. The summed E-state index contributed by atoms with van der Waals surface area (Å²) in [4.78, 5) is 30.8. The minimum absolute atomic E-state index is 0.0436. The first kappa shape index (κ1) is 20.7. The number of fused-ring (bicyclic) bond motifs is 1. The van der Waals surface area contributed by atoms with Crippen LogP contribution in [0, 0.1) is 17.6 Å². The summed E-state index contributed by atoms with van der Waals surface area (Å²) >= 11 is 0. The molecule has 9 heteroatoms. The second-order valence-corrected chi connectivity index (χ2v) is 8.32. The van der Waals surface area contributed by atoms with Crippen LogP contribution < -0.4 is 9.47 Å². The normalized spacial score (nSPS) is 18.6. The predicted molar refractivity (Wildman–Crippen MR) is 110 cm³/mol. The van der Waals surface area contributed by atoms with Crippen molar-refractivity contribution in [2.75, 3.05) is 46.1 Å². The molecule has 3 aliphatic heterocycles. The van der Waals surface area contributed by atoms with Crippen LogP contribution in [0.1, 0.15) is 15.9 Å². The summed E-state index contributed by atoms with van der Waals surface area (Å²) < 4.78 is 37.2. The number of likely N-dealkylation sites (tertiary alicyclic amines) is 1. The van der Waals surface area contributed by atoms with Crippen LogP contribution in [0.2, 0.25) is 0 Å². The van der Waals surface area contributed by atoms with Crippen molar-refractivity contribution in [3.05, 3.63) is 59.2 Å². The SMILES string of the molecule is O=C(c1ccc(F)c(F)c1)N1CC(C(=O)N2CCN(Cc3ccc4c(c3)OCO4)CC2)C1. The maximum Gasteiger partial charge on any atom is 0.254 e. The molecule has 3 heterocycles. The number of hydrogen-bond acceptors (Lipinski definition) is 5. The zero-order chi connectivity index (χ0) is 22.2. The molecule has 0 aliphatic carbocycles. The van der Waals surface area contributed by atoms with Gasteiger partial charge in [-0.3, -0.25) is 14.5 Å². The highest BCUT2D eigenvalue weighted by Crippen LogP contribution is 2.33. The van der Waals surface area contributed by atoms with Crippen molar-refractivity contribution in [2.45, 2.75) is 6.54 Å². The number of hydrogen-bond donors (Lipinski definition) is 0. The Morgan fingerprint density at radius 3 is 2.38 bits per heavy atom. The lowest BCUT2D eigenvalue weighted by molar-refractivity contribution is -0.141. The number of amides is 2. The van der Waals surface area contributed by atoms with E-state index in [0.29, 0.717) is 26.2 Å². The Balaban J connectivity index is 1.09. The van der Waals surface area contributed by atoms with Gasteiger partial charge in [0.1, 0.15) is 0 Å². The van der Waals surface area contributed by atoms with E-state index in [9.17, 15) is 18.4 Å². The molecule has 2 aromatic rings. The summed E-state index contributed by atoms with van der Waals surface area (Å²) in [6, 6.07) is 9.03. The maximum atomic E-state index is 13.4. The minimum atomic E-state index is -1.05. The Morgan fingerprint density at radius 2 is 1.62 bits per heavy atom. The molecule has 2 saturated heterocycles. The molecule has 2 aromatic carbocycles. The van der Waals surface area contributed by atoms with Crippen LogP contribution in [0.5, 0.6) is 11.5 Å². The zero-order valence-corrected chi connectivity index (χ0v) is 17.4. The molecule has 0 atom stereocenters. The average Bonchev–Trinajstić information content (AvgIpc) is 3.23. The van der Waals surface area contributed by atoms with Gasteiger partial charge in [-0.15, -0.1) is 0 Å². The van der Waals surface area contributed by atoms with E-state index in [2.05, 4.69) is 4.90 Å². The van der Waals surface area contributed by atoms with Gasteiger partial charge in [0.2, 0.25) is 12.7 Å². The Morgan fingerprint density at radius 1 is 0.875 bits per heavy atom. The van der Waals surface area contributed by atoms with Crippen LogP contribution in [0.15, 0.2) is 36.4 Å². The quantitative estimate of drug-likeness (QED) is 0.725. The first-order valence-electron chi connectivity index (χ1n) is 10.6. The monoisotopic (exact) mass is 443 g/mol. The van der Waals surface area contributed by atoms with Crippen LogP contribution in [0.4, 0.5) is 8.78 Å². The lowest BCUT2D eigenvalue weighted by Crippen LogP contribution is -2.59. The lowest BCUT2D eigenvalue weighted by Gasteiger charge is -2.42. The number of ether oxygens (including phenoxy) is 2. The molecule has 2 amide bonds. The fraction of sp³-hybridized carbons (Fsp3) is 0.391. The minimum Gasteiger partial charge on any atom is -0.454 e. The van der Waals surface area contributed by atoms with E-state index in [0.717, 1.165) is 48.8 Å². The highest BCUT2D eigenvalue weighted by Gasteiger charge is 2.39. The molecule has 32 heavy (non-hydrogen) atoms. The van der Waals surface area contributed by atoms with Crippen molar-refractivity contribution >= 4 is 11.8 Å². The second-order valence-electron chi connectivity index (χ2n) is 8.32. The van der Waals surface area contributed by atoms with Gasteiger partial charge in [-0.25, -0.2) is 8.78 Å². The average molecular weight is 443 g/mol. The number of carbonyl (C=O) groups is 2. The Hall–Kier alpha value is -3.20. The van der Waals surface area contributed by atoms with E-state index in [1.807, 2.05) is 23.1 Å². The van der Waals surface area contributed by atoms with Crippen LogP contribution in [-0.2, 0) is 11.3 Å². The molecule has 0 spiro atoms. The first-order valence-corrected chi connectivity index (χ1v) is 10.6. The molecule has 0 saturated carbocycles. The first-order chi connectivity index (χ1) is 15.5. The highest BCUT2D eigenvalue weighted by molar-refractivity contribution is 5.96. The van der Waals surface area contributed by atoms with Crippen molar-refractivity contribution < 1.29 is 27.8 Å². The van der Waals surface area contributed by atoms with E-state index in [4.69, 9.17) is 9.47 Å². The maximum absolute atomic E-state index is 13.4. The fourth-order valence-corrected chi connectivity index (χ4v) is 4.29. The van der Waals surface area contributed by atoms with Crippen molar-refractivity contribution in [1.29, 1.82) is 0 Å². The van der Waals surface area contributed by atoms with E-state index in [1.165, 1.54) is 11.0 Å². The van der Waals surface area contributed by atoms with Crippen molar-refractivity contribution in [2.24, 2.45) is 5.92 Å². The molecule has 0 aromatic heterocycles. The van der Waals surface area contributed by atoms with E-state index < -0.39 is 11.6 Å². The van der Waals surface area contributed by atoms with E-state index in [-0.39, 0.29) is 30.1 Å². The molecule has 5 rings (SSSR count). The lowest BCUT2D eigenvalue weighted by atomic mass is 9.96. The summed E-state index contributed by atoms with van der Waals surface area (Å²) in [5.74, 6) is -1.10. The van der Waals surface area contributed by atoms with Crippen LogP contribution in [0.3, 0.4) is 0 Å².